The summed E-state index contributed by atoms with van der Waals surface area (Å²) in [5, 5.41) is 0. The van der Waals surface area contributed by atoms with Crippen molar-refractivity contribution in [3.05, 3.63) is 47.1 Å². The van der Waals surface area contributed by atoms with Crippen molar-refractivity contribution in [2.45, 2.75) is 119 Å². The lowest BCUT2D eigenvalue weighted by molar-refractivity contribution is -0.0590. The van der Waals surface area contributed by atoms with E-state index in [4.69, 9.17) is 8.37 Å². The highest BCUT2D eigenvalue weighted by Gasteiger charge is 2.55. The Hall–Kier alpha value is -1.88. The number of rotatable bonds is 9. The van der Waals surface area contributed by atoms with E-state index in [2.05, 4.69) is 60.6 Å². The van der Waals surface area contributed by atoms with Crippen LogP contribution in [0.3, 0.4) is 0 Å². The van der Waals surface area contributed by atoms with E-state index in [0.717, 1.165) is 25.7 Å². The fourth-order valence-electron chi connectivity index (χ4n) is 10.4. The lowest BCUT2D eigenvalue weighted by atomic mass is 9.45. The first-order valence-corrected chi connectivity index (χ1v) is 19.7. The Morgan fingerprint density at radius 3 is 2.26 bits per heavy atom. The molecule has 0 bridgehead atoms. The molecule has 0 heterocycles. The lowest BCUT2D eigenvalue weighted by Crippen LogP contribution is -2.51. The van der Waals surface area contributed by atoms with Gasteiger partial charge in [-0.1, -0.05) is 71.3 Å². The molecular weight excluding hydrogens is 625 g/mol. The van der Waals surface area contributed by atoms with E-state index in [-0.39, 0.29) is 33.7 Å². The van der Waals surface area contributed by atoms with Gasteiger partial charge in [-0.25, -0.2) is 0 Å². The molecule has 7 atom stereocenters. The summed E-state index contributed by atoms with van der Waals surface area (Å²) in [7, 11) is -9.63. The van der Waals surface area contributed by atoms with Crippen LogP contribution < -0.4 is 8.37 Å². The molecule has 0 unspecified atom stereocenters. The van der Waals surface area contributed by atoms with Crippen LogP contribution in [0.4, 0.5) is 0 Å². The second-order valence-corrected chi connectivity index (χ2v) is 18.5. The molecule has 0 spiro atoms. The van der Waals surface area contributed by atoms with E-state index < -0.39 is 20.8 Å². The summed E-state index contributed by atoms with van der Waals surface area (Å²) in [6.07, 6.45) is 16.9. The van der Waals surface area contributed by atoms with Crippen LogP contribution in [0.2, 0.25) is 0 Å². The summed E-state index contributed by atoms with van der Waals surface area (Å²) >= 11 is 0. The van der Waals surface area contributed by atoms with Crippen LogP contribution in [-0.2, 0) is 27.2 Å². The molecule has 8 nitrogen and oxygen atoms in total. The first-order chi connectivity index (χ1) is 21.2. The normalized spacial score (nSPS) is 36.1. The van der Waals surface area contributed by atoms with Crippen LogP contribution in [0.5, 0.6) is 11.5 Å². The van der Waals surface area contributed by atoms with Gasteiger partial charge < -0.3 is 8.37 Å². The maximum Gasteiger partial charge on any atom is 0.446 e. The van der Waals surface area contributed by atoms with E-state index in [1.165, 1.54) is 62.3 Å². The Bertz CT molecular complexity index is 1610. The van der Waals surface area contributed by atoms with Gasteiger partial charge in [-0.05, 0) is 135 Å². The second-order valence-electron chi connectivity index (χ2n) is 16.4. The molecule has 2 saturated carbocycles. The highest BCUT2D eigenvalue weighted by Crippen LogP contribution is 2.64. The van der Waals surface area contributed by atoms with Gasteiger partial charge in [0.25, 0.3) is 0 Å². The fraction of sp³-hybridized carbons (Fsp3) is 0.722. The van der Waals surface area contributed by atoms with Crippen molar-refractivity contribution < 1.29 is 34.3 Å². The first-order valence-electron chi connectivity index (χ1n) is 17.0. The summed E-state index contributed by atoms with van der Waals surface area (Å²) in [4.78, 5) is 0. The minimum atomic E-state index is -4.83. The number of hydrogen-bond donors (Lipinski definition) is 2. The zero-order chi connectivity index (χ0) is 33.9. The summed E-state index contributed by atoms with van der Waals surface area (Å²) in [6, 6.07) is 3.80. The van der Waals surface area contributed by atoms with Crippen LogP contribution in [0, 0.1) is 45.3 Å². The third kappa shape index (κ3) is 6.96. The standard InChI is InChI=1S/C36H54O8S2/c1-24-11-16-32-34(5,20-21-35(6)25(2)12-14-28-29(35)10-8-17-33(28,3)4)18-9-19-36(32,7)30(24)23-26-22-27(43-45(37,38)39)13-15-31(26)44-46(40,41)42/h10-11,13,15,22,25,28,30,32H,8-9,12,14,16-21,23H2,1-7H3,(H,37,38,39)(H,40,41,42)/t25-,28-,30+,32+,34-,35-,36-/m1/s1. The van der Waals surface area contributed by atoms with E-state index in [1.807, 2.05) is 0 Å². The molecule has 46 heavy (non-hydrogen) atoms. The smallest absolute Gasteiger partial charge is 0.362 e. The minimum Gasteiger partial charge on any atom is -0.362 e. The van der Waals surface area contributed by atoms with Crippen LogP contribution in [0.25, 0.3) is 0 Å². The van der Waals surface area contributed by atoms with Gasteiger partial charge in [0.2, 0.25) is 0 Å². The molecule has 1 aromatic rings. The van der Waals surface area contributed by atoms with Crippen molar-refractivity contribution in [3.8, 4) is 11.5 Å². The molecule has 5 rings (SSSR count). The Morgan fingerprint density at radius 2 is 1.59 bits per heavy atom. The predicted octanol–water partition coefficient (Wildman–Crippen LogP) is 8.95. The number of fused-ring (bicyclic) bond motifs is 2. The Labute approximate surface area is 277 Å². The maximum absolute atomic E-state index is 11.7. The van der Waals surface area contributed by atoms with Gasteiger partial charge in [0, 0.05) is 5.56 Å². The molecule has 0 aliphatic heterocycles. The molecule has 10 heteroatoms. The van der Waals surface area contributed by atoms with Gasteiger partial charge in [-0.15, -0.1) is 0 Å². The van der Waals surface area contributed by atoms with Crippen molar-refractivity contribution in [1.82, 2.24) is 0 Å². The number of benzene rings is 1. The zero-order valence-electron chi connectivity index (χ0n) is 28.6. The van der Waals surface area contributed by atoms with Crippen LogP contribution >= 0.6 is 0 Å². The monoisotopic (exact) mass is 678 g/mol. The minimum absolute atomic E-state index is 0.0195. The van der Waals surface area contributed by atoms with Crippen molar-refractivity contribution >= 4 is 20.8 Å². The Kier molecular flexibility index (Phi) is 9.41. The van der Waals surface area contributed by atoms with Crippen LogP contribution in [-0.4, -0.2) is 25.9 Å². The average molecular weight is 679 g/mol. The Balaban J connectivity index is 1.45. The third-order valence-corrected chi connectivity index (χ3v) is 14.1. The molecule has 4 aliphatic rings. The van der Waals surface area contributed by atoms with Crippen LogP contribution in [0.1, 0.15) is 118 Å². The lowest BCUT2D eigenvalue weighted by Gasteiger charge is -2.59. The van der Waals surface area contributed by atoms with Gasteiger partial charge in [0.15, 0.2) is 0 Å². The average Bonchev–Trinajstić information content (AvgIpc) is 2.91. The van der Waals surface area contributed by atoms with Gasteiger partial charge in [0.05, 0.1) is 0 Å². The molecule has 2 fully saturated rings. The van der Waals surface area contributed by atoms with Crippen LogP contribution in [0.15, 0.2) is 41.5 Å². The molecule has 0 radical (unpaired) electrons. The van der Waals surface area contributed by atoms with Gasteiger partial charge in [-0.2, -0.15) is 16.8 Å². The molecule has 0 amide bonds. The maximum atomic E-state index is 11.7. The Morgan fingerprint density at radius 1 is 0.891 bits per heavy atom. The predicted molar refractivity (Wildman–Crippen MR) is 180 cm³/mol. The highest BCUT2D eigenvalue weighted by molar-refractivity contribution is 7.81. The largest absolute Gasteiger partial charge is 0.446 e. The van der Waals surface area contributed by atoms with Gasteiger partial charge in [0.1, 0.15) is 11.5 Å². The number of allylic oxidation sites excluding steroid dienone is 4. The zero-order valence-corrected chi connectivity index (χ0v) is 30.3. The summed E-state index contributed by atoms with van der Waals surface area (Å²) in [6.45, 7) is 16.9. The van der Waals surface area contributed by atoms with E-state index in [0.29, 0.717) is 35.2 Å². The number of hydrogen-bond acceptors (Lipinski definition) is 6. The highest BCUT2D eigenvalue weighted by atomic mass is 32.3. The first kappa shape index (κ1) is 35.4. The molecule has 0 aromatic heterocycles. The van der Waals surface area contributed by atoms with E-state index in [1.54, 1.807) is 5.57 Å². The quantitative estimate of drug-likeness (QED) is 0.196. The summed E-state index contributed by atoms with van der Waals surface area (Å²) in [5.41, 5.74) is 3.84. The van der Waals surface area contributed by atoms with Crippen molar-refractivity contribution in [3.63, 3.8) is 0 Å². The molecule has 2 N–H and O–H groups in total. The van der Waals surface area contributed by atoms with E-state index >= 15 is 0 Å². The molecule has 0 saturated heterocycles. The fourth-order valence-corrected chi connectivity index (χ4v) is 11.2. The molecule has 4 aliphatic carbocycles. The van der Waals surface area contributed by atoms with Gasteiger partial charge >= 0.3 is 20.8 Å². The molecule has 1 aromatic carbocycles. The van der Waals surface area contributed by atoms with Crippen molar-refractivity contribution in [1.29, 1.82) is 0 Å². The summed E-state index contributed by atoms with van der Waals surface area (Å²) in [5.74, 6) is 1.46. The summed E-state index contributed by atoms with van der Waals surface area (Å²) < 4.78 is 74.8. The van der Waals surface area contributed by atoms with Crippen molar-refractivity contribution in [2.75, 3.05) is 0 Å². The van der Waals surface area contributed by atoms with Crippen molar-refractivity contribution in [2.24, 2.45) is 45.3 Å². The van der Waals surface area contributed by atoms with Gasteiger partial charge in [-0.3, -0.25) is 9.11 Å². The third-order valence-electron chi connectivity index (χ3n) is 13.3. The van der Waals surface area contributed by atoms with E-state index in [9.17, 15) is 25.9 Å². The molecular formula is C36H54O8S2. The SMILES string of the molecule is CC1=CC[C@H]2[C@@](C)(CC[C@@]3(C)C4=CCCC(C)(C)[C@@H]4CC[C@H]3C)CCC[C@]2(C)[C@H]1Cc1cc(OS(=O)(=O)O)ccc1OS(=O)(=O)O. The topological polar surface area (TPSA) is 127 Å². The molecule has 258 valence electrons. The second kappa shape index (κ2) is 12.2.